The highest BCUT2D eigenvalue weighted by molar-refractivity contribution is 6.07. The summed E-state index contributed by atoms with van der Waals surface area (Å²) in [5.41, 5.74) is 15.6. The largest absolute Gasteiger partial charge is 0.490 e. The summed E-state index contributed by atoms with van der Waals surface area (Å²) in [5, 5.41) is 15.2. The molecule has 19 heteroatoms. The molecule has 6 N–H and O–H groups in total. The number of nitrogens with one attached hydrogen (secondary N) is 2. The standard InChI is InChI=1S/C39H41N13O6/c1-4-51-27(11-21(2)46-51)35(55)45-37-43-25-13-23(33(40)53)15-29-31(25)48(37)7-5-6-8-49-32-26(44-38(49)50-9-10-52-28(36(50)56)12-22(3)47-52)14-24(34(41)54)16-30(32)58-20-39(19-57-29)17-42-18-39/h5-6,11-16,42H,4,7-10,17-20H2,1-3H3,(H2,40,53)(H2,41,54)(H,43,45,55)/b6-5+. The number of benzene rings is 2. The Bertz CT molecular complexity index is 2730. The van der Waals surface area contributed by atoms with Crippen molar-refractivity contribution in [1.29, 1.82) is 0 Å². The lowest BCUT2D eigenvalue weighted by atomic mass is 9.83. The molecule has 3 aliphatic rings. The topological polar surface area (TPSA) is 237 Å². The van der Waals surface area contributed by atoms with Crippen LogP contribution in [0.5, 0.6) is 11.5 Å². The average molecular weight is 788 g/mol. The highest BCUT2D eigenvalue weighted by atomic mass is 16.5. The van der Waals surface area contributed by atoms with Crippen LogP contribution in [-0.4, -0.2) is 95.1 Å². The lowest BCUT2D eigenvalue weighted by Crippen LogP contribution is -2.59. The fourth-order valence-corrected chi connectivity index (χ4v) is 7.80. The minimum Gasteiger partial charge on any atom is -0.490 e. The van der Waals surface area contributed by atoms with Crippen LogP contribution in [-0.2, 0) is 26.2 Å². The fourth-order valence-electron chi connectivity index (χ4n) is 7.80. The number of nitrogens with zero attached hydrogens (tertiary/aromatic N) is 9. The van der Waals surface area contributed by atoms with Crippen LogP contribution >= 0.6 is 0 Å². The fraction of sp³-hybridized carbons (Fsp3) is 0.333. The number of hydrogen-bond donors (Lipinski definition) is 4. The second-order valence-electron chi connectivity index (χ2n) is 14.9. The van der Waals surface area contributed by atoms with Crippen molar-refractivity contribution in [2.24, 2.45) is 16.9 Å². The van der Waals surface area contributed by atoms with E-state index in [-0.39, 0.29) is 49.3 Å². The number of aromatic nitrogens is 8. The molecule has 2 aromatic carbocycles. The number of aryl methyl sites for hydroxylation is 3. The Morgan fingerprint density at radius 2 is 1.45 bits per heavy atom. The predicted molar refractivity (Wildman–Crippen MR) is 211 cm³/mol. The van der Waals surface area contributed by atoms with E-state index in [1.165, 1.54) is 0 Å². The van der Waals surface area contributed by atoms with E-state index in [1.807, 2.05) is 37.5 Å². The number of ether oxygens (including phenoxy) is 2. The third-order valence-electron chi connectivity index (χ3n) is 10.8. The maximum absolute atomic E-state index is 14.0. The number of fused-ring (bicyclic) bond motifs is 1. The van der Waals surface area contributed by atoms with E-state index in [4.69, 9.17) is 30.9 Å². The van der Waals surface area contributed by atoms with E-state index in [1.54, 1.807) is 55.2 Å². The second-order valence-corrected chi connectivity index (χ2v) is 14.9. The molecule has 19 nitrogen and oxygen atoms in total. The monoisotopic (exact) mass is 787 g/mol. The van der Waals surface area contributed by atoms with Gasteiger partial charge in [-0.05, 0) is 57.2 Å². The Morgan fingerprint density at radius 1 is 0.828 bits per heavy atom. The van der Waals surface area contributed by atoms with Gasteiger partial charge in [0.05, 0.1) is 47.6 Å². The Kier molecular flexibility index (Phi) is 8.75. The summed E-state index contributed by atoms with van der Waals surface area (Å²) in [6, 6.07) is 9.81. The van der Waals surface area contributed by atoms with E-state index >= 15 is 0 Å². The average Bonchev–Trinajstić information content (AvgIpc) is 3.94. The highest BCUT2D eigenvalue weighted by Gasteiger charge is 2.40. The number of carbonyl (C=O) groups excluding carboxylic acids is 4. The number of rotatable bonds is 6. The zero-order chi connectivity index (χ0) is 40.5. The molecular formula is C39H41N13O6. The lowest BCUT2D eigenvalue weighted by molar-refractivity contribution is 0.0321. The first kappa shape index (κ1) is 36.6. The molecule has 0 aliphatic carbocycles. The number of anilines is 2. The summed E-state index contributed by atoms with van der Waals surface area (Å²) in [6.07, 6.45) is 3.80. The normalized spacial score (nSPS) is 16.9. The summed E-state index contributed by atoms with van der Waals surface area (Å²) in [7, 11) is 0. The molecule has 0 saturated carbocycles. The molecule has 0 atom stereocenters. The summed E-state index contributed by atoms with van der Waals surface area (Å²) in [6.45, 7) is 8.64. The Balaban J connectivity index is 1.19. The molecule has 298 valence electrons. The molecule has 58 heavy (non-hydrogen) atoms. The molecule has 9 rings (SSSR count). The minimum atomic E-state index is -0.667. The predicted octanol–water partition coefficient (Wildman–Crippen LogP) is 2.14. The van der Waals surface area contributed by atoms with Gasteiger partial charge in [-0.1, -0.05) is 12.2 Å². The Labute approximate surface area is 330 Å². The maximum Gasteiger partial charge on any atom is 0.278 e. The van der Waals surface area contributed by atoms with Crippen molar-refractivity contribution >= 4 is 57.6 Å². The van der Waals surface area contributed by atoms with E-state index < -0.39 is 23.1 Å². The molecular weight excluding hydrogens is 747 g/mol. The van der Waals surface area contributed by atoms with Crippen molar-refractivity contribution in [3.63, 3.8) is 0 Å². The molecule has 4 aromatic heterocycles. The molecule has 3 aliphatic heterocycles. The smallest absolute Gasteiger partial charge is 0.278 e. The van der Waals surface area contributed by atoms with Crippen LogP contribution in [0.2, 0.25) is 0 Å². The number of primary amides is 2. The summed E-state index contributed by atoms with van der Waals surface area (Å²) in [4.78, 5) is 64.3. The van der Waals surface area contributed by atoms with Crippen LogP contribution in [0.3, 0.4) is 0 Å². The first-order chi connectivity index (χ1) is 27.9. The third-order valence-corrected chi connectivity index (χ3v) is 10.8. The lowest BCUT2D eigenvalue weighted by Gasteiger charge is -2.41. The van der Waals surface area contributed by atoms with Crippen molar-refractivity contribution in [1.82, 2.24) is 44.0 Å². The van der Waals surface area contributed by atoms with Crippen LogP contribution in [0, 0.1) is 19.3 Å². The number of hydrogen-bond acceptors (Lipinski definition) is 11. The molecule has 1 fully saturated rings. The molecule has 6 aromatic rings. The number of carbonyl (C=O) groups is 4. The molecule has 0 bridgehead atoms. The van der Waals surface area contributed by atoms with E-state index in [2.05, 4.69) is 20.8 Å². The summed E-state index contributed by atoms with van der Waals surface area (Å²) in [5.74, 6) is -0.715. The molecule has 0 unspecified atom stereocenters. The van der Waals surface area contributed by atoms with E-state index in [0.717, 1.165) is 5.69 Å². The SMILES string of the molecule is CCn1nc(C)cc1C(=O)Nc1nc2cc(C(N)=O)cc3c2n1C/C=C/Cn1c(N2CCn4nc(C)cc4C2=O)nc2cc(C(N)=O)cc(c21)OCC1(CNC1)CO3. The Morgan fingerprint density at radius 3 is 2.07 bits per heavy atom. The van der Waals surface area contributed by atoms with Gasteiger partial charge in [0.2, 0.25) is 23.7 Å². The van der Waals surface area contributed by atoms with Gasteiger partial charge in [-0.25, -0.2) is 9.97 Å². The molecule has 4 amide bonds. The van der Waals surface area contributed by atoms with E-state index in [0.29, 0.717) is 89.3 Å². The molecule has 1 saturated heterocycles. The summed E-state index contributed by atoms with van der Waals surface area (Å²) < 4.78 is 20.2. The first-order valence-corrected chi connectivity index (χ1v) is 18.9. The van der Waals surface area contributed by atoms with Crippen LogP contribution in [0.4, 0.5) is 11.9 Å². The van der Waals surface area contributed by atoms with Crippen LogP contribution in [0.15, 0.2) is 48.6 Å². The number of imidazole rings is 2. The van der Waals surface area contributed by atoms with Gasteiger partial charge in [0.15, 0.2) is 0 Å². The van der Waals surface area contributed by atoms with Gasteiger partial charge in [0, 0.05) is 50.4 Å². The zero-order valence-electron chi connectivity index (χ0n) is 32.1. The van der Waals surface area contributed by atoms with Crippen molar-refractivity contribution < 1.29 is 28.7 Å². The van der Waals surface area contributed by atoms with Gasteiger partial charge >= 0.3 is 0 Å². The summed E-state index contributed by atoms with van der Waals surface area (Å²) >= 11 is 0. The van der Waals surface area contributed by atoms with Crippen LogP contribution in [0.1, 0.15) is 60.0 Å². The van der Waals surface area contributed by atoms with Crippen molar-refractivity contribution in [2.45, 2.75) is 47.0 Å². The third kappa shape index (κ3) is 6.19. The van der Waals surface area contributed by atoms with Gasteiger partial charge in [-0.3, -0.25) is 38.8 Å². The van der Waals surface area contributed by atoms with Gasteiger partial charge in [-0.15, -0.1) is 0 Å². The first-order valence-electron chi connectivity index (χ1n) is 18.9. The van der Waals surface area contributed by atoms with Gasteiger partial charge < -0.3 is 35.4 Å². The van der Waals surface area contributed by atoms with Crippen LogP contribution in [0.25, 0.3) is 22.1 Å². The van der Waals surface area contributed by atoms with E-state index in [9.17, 15) is 19.2 Å². The van der Waals surface area contributed by atoms with Gasteiger partial charge in [-0.2, -0.15) is 10.2 Å². The van der Waals surface area contributed by atoms with Gasteiger partial charge in [0.25, 0.3) is 11.8 Å². The Hall–Kier alpha value is -7.02. The quantitative estimate of drug-likeness (QED) is 0.179. The minimum absolute atomic E-state index is 0.160. The van der Waals surface area contributed by atoms with Crippen LogP contribution < -0.4 is 36.5 Å². The number of nitrogens with two attached hydrogens (primary N) is 2. The van der Waals surface area contributed by atoms with Gasteiger partial charge in [0.1, 0.15) is 33.9 Å². The maximum atomic E-state index is 14.0. The molecule has 0 radical (unpaired) electrons. The number of amides is 4. The van der Waals surface area contributed by atoms with Crippen molar-refractivity contribution in [2.75, 3.05) is 43.1 Å². The number of allylic oxidation sites excluding steroid dienone is 2. The molecule has 1 spiro atoms. The highest BCUT2D eigenvalue weighted by Crippen LogP contribution is 2.37. The second kappa shape index (κ2) is 13.9. The zero-order valence-corrected chi connectivity index (χ0v) is 32.1. The molecule has 7 heterocycles. The van der Waals surface area contributed by atoms with Crippen molar-refractivity contribution in [3.8, 4) is 11.5 Å². The van der Waals surface area contributed by atoms with Crippen molar-refractivity contribution in [3.05, 3.63) is 82.5 Å².